The van der Waals surface area contributed by atoms with Gasteiger partial charge in [0, 0.05) is 12.4 Å². The van der Waals surface area contributed by atoms with Gasteiger partial charge in [-0.3, -0.25) is 4.79 Å². The van der Waals surface area contributed by atoms with Gasteiger partial charge < -0.3 is 20.0 Å². The van der Waals surface area contributed by atoms with Crippen molar-refractivity contribution in [3.63, 3.8) is 0 Å². The first-order valence-electron chi connectivity index (χ1n) is 6.15. The highest BCUT2D eigenvalue weighted by molar-refractivity contribution is 5.79. The van der Waals surface area contributed by atoms with Gasteiger partial charge in [0.1, 0.15) is 12.4 Å². The average molecular weight is 264 g/mol. The van der Waals surface area contributed by atoms with Crippen LogP contribution in [0.3, 0.4) is 0 Å². The molecule has 0 fully saturated rings. The molecule has 19 heavy (non-hydrogen) atoms. The summed E-state index contributed by atoms with van der Waals surface area (Å²) >= 11 is 0. The number of hydrogen-bond acceptors (Lipinski definition) is 4. The summed E-state index contributed by atoms with van der Waals surface area (Å²) in [5.74, 6) is -0.737. The maximum atomic E-state index is 11.2. The molecule has 0 bridgehead atoms. The first kappa shape index (κ1) is 15.0. The van der Waals surface area contributed by atoms with Crippen molar-refractivity contribution in [2.75, 3.05) is 13.2 Å². The van der Waals surface area contributed by atoms with Gasteiger partial charge >= 0.3 is 0 Å². The standard InChI is InChI=1S/C14H19NO4/c1-10-3-4-11(2)12(9-10)19-8-7-15-13(16)5-6-14(17)18/h3-4,9H,5-8H2,1-2H3,(H,15,16)(H,17,18)/p-1. The number of carboxylic acid groups (broad SMARTS) is 1. The van der Waals surface area contributed by atoms with Gasteiger partial charge in [-0.1, -0.05) is 12.1 Å². The van der Waals surface area contributed by atoms with Crippen LogP contribution in [0.2, 0.25) is 0 Å². The van der Waals surface area contributed by atoms with E-state index < -0.39 is 5.97 Å². The third-order valence-corrected chi connectivity index (χ3v) is 2.58. The summed E-state index contributed by atoms with van der Waals surface area (Å²) in [6.45, 7) is 4.63. The van der Waals surface area contributed by atoms with Crippen LogP contribution in [0, 0.1) is 13.8 Å². The molecule has 0 aliphatic heterocycles. The molecule has 0 unspecified atom stereocenters. The quantitative estimate of drug-likeness (QED) is 0.720. The number of rotatable bonds is 7. The van der Waals surface area contributed by atoms with E-state index in [0.29, 0.717) is 13.2 Å². The number of aliphatic carboxylic acids is 1. The fourth-order valence-electron chi connectivity index (χ4n) is 1.52. The number of ether oxygens (including phenoxy) is 1. The molecule has 0 aliphatic carbocycles. The lowest BCUT2D eigenvalue weighted by Crippen LogP contribution is -2.30. The highest BCUT2D eigenvalue weighted by atomic mass is 16.5. The van der Waals surface area contributed by atoms with Crippen molar-refractivity contribution in [2.24, 2.45) is 0 Å². The summed E-state index contributed by atoms with van der Waals surface area (Å²) in [5.41, 5.74) is 2.15. The Morgan fingerprint density at radius 3 is 2.68 bits per heavy atom. The lowest BCUT2D eigenvalue weighted by atomic mass is 10.1. The number of carboxylic acids is 1. The largest absolute Gasteiger partial charge is 0.550 e. The summed E-state index contributed by atoms with van der Waals surface area (Å²) in [6.07, 6.45) is -0.324. The third-order valence-electron chi connectivity index (χ3n) is 2.58. The van der Waals surface area contributed by atoms with Gasteiger partial charge in [0.25, 0.3) is 0 Å². The van der Waals surface area contributed by atoms with E-state index in [1.54, 1.807) is 0 Å². The molecule has 0 saturated heterocycles. The molecule has 1 rings (SSSR count). The van der Waals surface area contributed by atoms with E-state index in [4.69, 9.17) is 4.74 Å². The second-order valence-corrected chi connectivity index (χ2v) is 4.34. The van der Waals surface area contributed by atoms with Crippen LogP contribution < -0.4 is 15.2 Å². The second-order valence-electron chi connectivity index (χ2n) is 4.34. The van der Waals surface area contributed by atoms with Crippen molar-refractivity contribution in [2.45, 2.75) is 26.7 Å². The zero-order chi connectivity index (χ0) is 14.3. The van der Waals surface area contributed by atoms with Crippen LogP contribution in [0.4, 0.5) is 0 Å². The molecule has 1 amide bonds. The molecular formula is C14H18NO4-. The molecule has 0 heterocycles. The normalized spacial score (nSPS) is 10.0. The predicted molar refractivity (Wildman–Crippen MR) is 68.7 cm³/mol. The van der Waals surface area contributed by atoms with E-state index in [9.17, 15) is 14.7 Å². The third kappa shape index (κ3) is 5.90. The maximum Gasteiger partial charge on any atom is 0.220 e. The molecule has 104 valence electrons. The highest BCUT2D eigenvalue weighted by Crippen LogP contribution is 2.18. The van der Waals surface area contributed by atoms with E-state index in [1.807, 2.05) is 32.0 Å². The Hall–Kier alpha value is -2.04. The number of benzene rings is 1. The highest BCUT2D eigenvalue weighted by Gasteiger charge is 2.02. The molecule has 0 spiro atoms. The van der Waals surface area contributed by atoms with Gasteiger partial charge in [-0.2, -0.15) is 0 Å². The Balaban J connectivity index is 2.25. The van der Waals surface area contributed by atoms with Crippen molar-refractivity contribution >= 4 is 11.9 Å². The molecule has 1 N–H and O–H groups in total. The summed E-state index contributed by atoms with van der Waals surface area (Å²) in [6, 6.07) is 5.92. The SMILES string of the molecule is Cc1ccc(C)c(OCCNC(=O)CCC(=O)[O-])c1. The van der Waals surface area contributed by atoms with Crippen molar-refractivity contribution in [3.8, 4) is 5.75 Å². The fraction of sp³-hybridized carbons (Fsp3) is 0.429. The number of hydrogen-bond donors (Lipinski definition) is 1. The van der Waals surface area contributed by atoms with Crippen molar-refractivity contribution in [3.05, 3.63) is 29.3 Å². The van der Waals surface area contributed by atoms with E-state index in [1.165, 1.54) is 0 Å². The Morgan fingerprint density at radius 1 is 1.26 bits per heavy atom. The fourth-order valence-corrected chi connectivity index (χ4v) is 1.52. The van der Waals surface area contributed by atoms with Gasteiger partial charge in [-0.15, -0.1) is 0 Å². The van der Waals surface area contributed by atoms with Gasteiger partial charge in [0.05, 0.1) is 6.54 Å². The van der Waals surface area contributed by atoms with Crippen LogP contribution in [0.5, 0.6) is 5.75 Å². The molecular weight excluding hydrogens is 246 g/mol. The van der Waals surface area contributed by atoms with Crippen LogP contribution in [0.15, 0.2) is 18.2 Å². The van der Waals surface area contributed by atoms with Crippen LogP contribution in [-0.4, -0.2) is 25.0 Å². The first-order chi connectivity index (χ1) is 8.99. The van der Waals surface area contributed by atoms with Crippen molar-refractivity contribution in [1.82, 2.24) is 5.32 Å². The Labute approximate surface area is 112 Å². The monoisotopic (exact) mass is 264 g/mol. The van der Waals surface area contributed by atoms with Crippen LogP contribution >= 0.6 is 0 Å². The van der Waals surface area contributed by atoms with Crippen LogP contribution in [-0.2, 0) is 9.59 Å². The minimum atomic E-state index is -1.22. The Bertz CT molecular complexity index is 457. The van der Waals surface area contributed by atoms with E-state index in [2.05, 4.69) is 5.32 Å². The van der Waals surface area contributed by atoms with Gasteiger partial charge in [0.2, 0.25) is 5.91 Å². The van der Waals surface area contributed by atoms with Crippen molar-refractivity contribution in [1.29, 1.82) is 0 Å². The average Bonchev–Trinajstić information content (AvgIpc) is 2.36. The van der Waals surface area contributed by atoms with E-state index in [0.717, 1.165) is 16.9 Å². The van der Waals surface area contributed by atoms with Gasteiger partial charge in [-0.05, 0) is 37.5 Å². The lowest BCUT2D eigenvalue weighted by Gasteiger charge is -2.10. The lowest BCUT2D eigenvalue weighted by molar-refractivity contribution is -0.305. The summed E-state index contributed by atoms with van der Waals surface area (Å²) < 4.78 is 5.55. The molecule has 5 nitrogen and oxygen atoms in total. The number of aryl methyl sites for hydroxylation is 2. The minimum absolute atomic E-state index is 0.0637. The molecule has 0 aliphatic rings. The zero-order valence-corrected chi connectivity index (χ0v) is 11.2. The Kier molecular flexibility index (Phi) is 5.85. The zero-order valence-electron chi connectivity index (χ0n) is 11.2. The van der Waals surface area contributed by atoms with Crippen molar-refractivity contribution < 1.29 is 19.4 Å². The molecule has 0 atom stereocenters. The second kappa shape index (κ2) is 7.41. The number of nitrogens with one attached hydrogen (secondary N) is 1. The minimum Gasteiger partial charge on any atom is -0.550 e. The molecule has 0 saturated carbocycles. The summed E-state index contributed by atoms with van der Waals surface area (Å²) in [5, 5.41) is 12.8. The van der Waals surface area contributed by atoms with E-state index in [-0.39, 0.29) is 18.7 Å². The smallest absolute Gasteiger partial charge is 0.220 e. The van der Waals surface area contributed by atoms with Crippen LogP contribution in [0.25, 0.3) is 0 Å². The van der Waals surface area contributed by atoms with Crippen LogP contribution in [0.1, 0.15) is 24.0 Å². The Morgan fingerprint density at radius 2 is 2.00 bits per heavy atom. The maximum absolute atomic E-state index is 11.2. The van der Waals surface area contributed by atoms with Gasteiger partial charge in [-0.25, -0.2) is 0 Å². The summed E-state index contributed by atoms with van der Waals surface area (Å²) in [4.78, 5) is 21.4. The molecule has 0 radical (unpaired) electrons. The topological polar surface area (TPSA) is 78.5 Å². The number of carbonyl (C=O) groups is 2. The molecule has 1 aromatic carbocycles. The first-order valence-corrected chi connectivity index (χ1v) is 6.15. The number of carbonyl (C=O) groups excluding carboxylic acids is 2. The van der Waals surface area contributed by atoms with Gasteiger partial charge in [0.15, 0.2) is 0 Å². The van der Waals surface area contributed by atoms with E-state index >= 15 is 0 Å². The molecule has 5 heteroatoms. The molecule has 1 aromatic rings. The molecule has 0 aromatic heterocycles. The predicted octanol–water partition coefficient (Wildman–Crippen LogP) is 0.329. The summed E-state index contributed by atoms with van der Waals surface area (Å²) in [7, 11) is 0. The number of amides is 1.